The van der Waals surface area contributed by atoms with Crippen molar-refractivity contribution in [1.82, 2.24) is 10.3 Å². The third-order valence-electron chi connectivity index (χ3n) is 2.50. The van der Waals surface area contributed by atoms with Gasteiger partial charge in [0.15, 0.2) is 5.13 Å². The molecule has 0 radical (unpaired) electrons. The molecule has 0 saturated heterocycles. The molecule has 3 N–H and O–H groups in total. The van der Waals surface area contributed by atoms with E-state index in [-0.39, 0.29) is 0 Å². The molecule has 3 rings (SSSR count). The lowest BCUT2D eigenvalue weighted by molar-refractivity contribution is 0.682. The van der Waals surface area contributed by atoms with E-state index >= 15 is 0 Å². The van der Waals surface area contributed by atoms with E-state index in [1.165, 1.54) is 28.0 Å². The third-order valence-corrected chi connectivity index (χ3v) is 4.76. The fraction of sp³-hybridized carbons (Fsp3) is 0.444. The third kappa shape index (κ3) is 1.24. The van der Waals surface area contributed by atoms with E-state index < -0.39 is 0 Å². The zero-order chi connectivity index (χ0) is 9.54. The molecule has 0 fully saturated rings. The van der Waals surface area contributed by atoms with Crippen LogP contribution in [0.5, 0.6) is 0 Å². The van der Waals surface area contributed by atoms with E-state index in [0.29, 0.717) is 5.13 Å². The van der Waals surface area contributed by atoms with Crippen molar-refractivity contribution in [3.63, 3.8) is 0 Å². The van der Waals surface area contributed by atoms with Gasteiger partial charge in [-0.1, -0.05) is 11.3 Å². The van der Waals surface area contributed by atoms with Gasteiger partial charge in [-0.3, -0.25) is 0 Å². The van der Waals surface area contributed by atoms with Crippen LogP contribution < -0.4 is 11.1 Å². The van der Waals surface area contributed by atoms with Gasteiger partial charge in [0.05, 0.1) is 4.70 Å². The lowest BCUT2D eigenvalue weighted by Gasteiger charge is -1.96. The highest BCUT2D eigenvalue weighted by atomic mass is 32.1. The standard InChI is InChI=1S/C9H11N3S2/c10-9-12-8-7(14-9)5-4-11-3-1-2-6(5)13-8/h11H,1-4H2,(H2,10,12). The minimum atomic E-state index is 0.693. The number of nitrogen functional groups attached to an aromatic ring is 1. The summed E-state index contributed by atoms with van der Waals surface area (Å²) in [7, 11) is 0. The molecule has 0 saturated carbocycles. The Morgan fingerprint density at radius 2 is 2.29 bits per heavy atom. The fourth-order valence-electron chi connectivity index (χ4n) is 1.85. The number of aromatic nitrogens is 1. The van der Waals surface area contributed by atoms with Gasteiger partial charge in [0.1, 0.15) is 4.83 Å². The van der Waals surface area contributed by atoms with Crippen LogP contribution in [0.15, 0.2) is 0 Å². The van der Waals surface area contributed by atoms with Crippen molar-refractivity contribution < 1.29 is 0 Å². The second-order valence-electron chi connectivity index (χ2n) is 3.47. The van der Waals surface area contributed by atoms with Gasteiger partial charge in [0.2, 0.25) is 0 Å². The van der Waals surface area contributed by atoms with Gasteiger partial charge in [-0.15, -0.1) is 11.3 Å². The van der Waals surface area contributed by atoms with E-state index in [1.54, 1.807) is 11.3 Å². The van der Waals surface area contributed by atoms with Gasteiger partial charge in [0.25, 0.3) is 0 Å². The summed E-state index contributed by atoms with van der Waals surface area (Å²) in [6.45, 7) is 2.11. The maximum atomic E-state index is 5.70. The van der Waals surface area contributed by atoms with Gasteiger partial charge in [-0.05, 0) is 24.9 Å². The number of thiophene rings is 1. The maximum absolute atomic E-state index is 5.70. The summed E-state index contributed by atoms with van der Waals surface area (Å²) in [6.07, 6.45) is 2.42. The first-order valence-electron chi connectivity index (χ1n) is 4.72. The number of fused-ring (bicyclic) bond motifs is 3. The van der Waals surface area contributed by atoms with Crippen LogP contribution in [0.2, 0.25) is 0 Å². The number of hydrogen-bond acceptors (Lipinski definition) is 5. The Balaban J connectivity index is 2.22. The van der Waals surface area contributed by atoms with Gasteiger partial charge >= 0.3 is 0 Å². The van der Waals surface area contributed by atoms with Crippen molar-refractivity contribution >= 4 is 37.3 Å². The summed E-state index contributed by atoms with van der Waals surface area (Å²) in [5.74, 6) is 0. The Hall–Kier alpha value is -0.650. The number of nitrogens with two attached hydrogens (primary N) is 1. The molecule has 0 unspecified atom stereocenters. The lowest BCUT2D eigenvalue weighted by atomic mass is 10.2. The van der Waals surface area contributed by atoms with Gasteiger partial charge in [-0.25, -0.2) is 4.98 Å². The van der Waals surface area contributed by atoms with Crippen LogP contribution in [0.25, 0.3) is 9.53 Å². The summed E-state index contributed by atoms with van der Waals surface area (Å²) in [5, 5.41) is 4.13. The van der Waals surface area contributed by atoms with E-state index in [2.05, 4.69) is 10.3 Å². The first-order valence-corrected chi connectivity index (χ1v) is 6.35. The van der Waals surface area contributed by atoms with Crippen molar-refractivity contribution in [1.29, 1.82) is 0 Å². The number of thiazole rings is 1. The zero-order valence-corrected chi connectivity index (χ0v) is 9.30. The number of nitrogens with zero attached hydrogens (tertiary/aromatic N) is 1. The molecule has 0 aromatic carbocycles. The molecule has 5 heteroatoms. The van der Waals surface area contributed by atoms with E-state index in [4.69, 9.17) is 5.73 Å². The van der Waals surface area contributed by atoms with Crippen LogP contribution in [0.1, 0.15) is 16.9 Å². The molecule has 0 atom stereocenters. The Morgan fingerprint density at radius 3 is 3.21 bits per heavy atom. The van der Waals surface area contributed by atoms with E-state index in [1.807, 2.05) is 11.3 Å². The molecule has 0 amide bonds. The quantitative estimate of drug-likeness (QED) is 0.721. The lowest BCUT2D eigenvalue weighted by Crippen LogP contribution is -2.11. The van der Waals surface area contributed by atoms with Crippen molar-refractivity contribution in [3.8, 4) is 0 Å². The molecule has 74 valence electrons. The normalized spacial score (nSPS) is 16.9. The summed E-state index contributed by atoms with van der Waals surface area (Å²) in [4.78, 5) is 6.97. The molecule has 0 spiro atoms. The molecule has 1 aliphatic rings. The maximum Gasteiger partial charge on any atom is 0.181 e. The topological polar surface area (TPSA) is 50.9 Å². The second-order valence-corrected chi connectivity index (χ2v) is 5.58. The molecule has 14 heavy (non-hydrogen) atoms. The Morgan fingerprint density at radius 1 is 1.36 bits per heavy atom. The smallest absolute Gasteiger partial charge is 0.181 e. The molecule has 3 nitrogen and oxygen atoms in total. The molecule has 1 aliphatic heterocycles. The van der Waals surface area contributed by atoms with Crippen molar-refractivity contribution in [2.24, 2.45) is 0 Å². The number of rotatable bonds is 0. The molecule has 0 bridgehead atoms. The number of hydrogen-bond donors (Lipinski definition) is 2. The van der Waals surface area contributed by atoms with Gasteiger partial charge in [-0.2, -0.15) is 0 Å². The molecular weight excluding hydrogens is 214 g/mol. The Labute approximate surface area is 90.0 Å². The van der Waals surface area contributed by atoms with Crippen molar-refractivity contribution in [3.05, 3.63) is 10.4 Å². The molecule has 2 aromatic rings. The Kier molecular flexibility index (Phi) is 1.97. The van der Waals surface area contributed by atoms with E-state index in [0.717, 1.165) is 17.9 Å². The zero-order valence-electron chi connectivity index (χ0n) is 7.67. The Bertz CT molecular complexity index is 472. The predicted molar refractivity (Wildman–Crippen MR) is 61.9 cm³/mol. The van der Waals surface area contributed by atoms with Crippen LogP contribution in [-0.4, -0.2) is 11.5 Å². The van der Waals surface area contributed by atoms with Crippen LogP contribution >= 0.6 is 22.7 Å². The van der Waals surface area contributed by atoms with Gasteiger partial charge in [0, 0.05) is 11.4 Å². The minimum Gasteiger partial charge on any atom is -0.375 e. The number of anilines is 1. The monoisotopic (exact) mass is 225 g/mol. The van der Waals surface area contributed by atoms with Crippen LogP contribution in [-0.2, 0) is 13.0 Å². The van der Waals surface area contributed by atoms with Crippen LogP contribution in [0.4, 0.5) is 5.13 Å². The largest absolute Gasteiger partial charge is 0.375 e. The van der Waals surface area contributed by atoms with Gasteiger partial charge < -0.3 is 11.1 Å². The molecule has 0 aliphatic carbocycles. The second kappa shape index (κ2) is 3.18. The highest BCUT2D eigenvalue weighted by molar-refractivity contribution is 7.29. The number of aryl methyl sites for hydroxylation is 1. The SMILES string of the molecule is Nc1nc2sc3c(c2s1)CNCCC3. The minimum absolute atomic E-state index is 0.693. The van der Waals surface area contributed by atoms with Crippen LogP contribution in [0, 0.1) is 0 Å². The summed E-state index contributed by atoms with van der Waals surface area (Å²) in [5.41, 5.74) is 7.14. The predicted octanol–water partition coefficient (Wildman–Crippen LogP) is 1.98. The van der Waals surface area contributed by atoms with Crippen molar-refractivity contribution in [2.75, 3.05) is 12.3 Å². The highest BCUT2D eigenvalue weighted by Gasteiger charge is 2.17. The average Bonchev–Trinajstić information content (AvgIpc) is 2.55. The summed E-state index contributed by atoms with van der Waals surface area (Å²) < 4.78 is 1.30. The van der Waals surface area contributed by atoms with E-state index in [9.17, 15) is 0 Å². The molecular formula is C9H11N3S2. The van der Waals surface area contributed by atoms with Crippen molar-refractivity contribution in [2.45, 2.75) is 19.4 Å². The fourth-order valence-corrected chi connectivity index (χ4v) is 4.16. The summed E-state index contributed by atoms with van der Waals surface area (Å²) >= 11 is 3.43. The first kappa shape index (κ1) is 8.64. The highest BCUT2D eigenvalue weighted by Crippen LogP contribution is 2.37. The number of nitrogens with one attached hydrogen (secondary N) is 1. The summed E-state index contributed by atoms with van der Waals surface area (Å²) in [6, 6.07) is 0. The average molecular weight is 225 g/mol. The first-order chi connectivity index (χ1) is 6.84. The molecule has 3 heterocycles. The molecule has 2 aromatic heterocycles. The van der Waals surface area contributed by atoms with Crippen LogP contribution in [0.3, 0.4) is 0 Å².